The van der Waals surface area contributed by atoms with E-state index in [1.54, 1.807) is 6.07 Å². The Kier molecular flexibility index (Phi) is 10.7. The molecule has 6 heteroatoms. The Morgan fingerprint density at radius 3 is 1.96 bits per heavy atom. The second kappa shape index (κ2) is 13.5. The van der Waals surface area contributed by atoms with E-state index in [-0.39, 0.29) is 35.6 Å². The van der Waals surface area contributed by atoms with Crippen LogP contribution in [0.5, 0.6) is 0 Å². The van der Waals surface area contributed by atoms with Crippen LogP contribution in [0.25, 0.3) is 11.1 Å². The standard InChI is InChI=1S/C21H25.C14H9F3.C5H5.2ClH.Zr/c1-20(2,3)16-7-9-18-14(12-16)11-15-13-17(21(4,5)6)8-10-19(15)18;15-14(16,17)13-8-4-7-12(10-13)9-11-5-2-1-3-6-11;1-2-4-5-3-1;;;/h7-10,12H,11H2,1-6H3;1-8,10H;1-3H,4H2;2*1H;. The molecule has 4 aromatic rings. The third-order valence-corrected chi connectivity index (χ3v) is 16.7. The third-order valence-electron chi connectivity index (χ3n) is 8.88. The van der Waals surface area contributed by atoms with Crippen molar-refractivity contribution in [2.45, 2.75) is 71.4 Å². The number of fused-ring (bicyclic) bond motifs is 3. The van der Waals surface area contributed by atoms with E-state index in [0.717, 1.165) is 21.6 Å². The maximum atomic E-state index is 14.1. The van der Waals surface area contributed by atoms with Gasteiger partial charge in [-0.1, -0.05) is 0 Å². The van der Waals surface area contributed by atoms with E-state index in [4.69, 9.17) is 0 Å². The number of rotatable bonds is 4. The normalized spacial score (nSPS) is 14.5. The minimum atomic E-state index is -4.41. The van der Waals surface area contributed by atoms with Gasteiger partial charge in [0.1, 0.15) is 0 Å². The molecule has 0 heterocycles. The molecule has 46 heavy (non-hydrogen) atoms. The molecule has 4 aromatic carbocycles. The molecule has 0 bridgehead atoms. The van der Waals surface area contributed by atoms with Crippen LogP contribution in [-0.4, -0.2) is 3.21 Å². The monoisotopic (exact) mass is 738 g/mol. The number of halogens is 5. The molecule has 2 aliphatic carbocycles. The zero-order valence-corrected chi connectivity index (χ0v) is 31.3. The van der Waals surface area contributed by atoms with Gasteiger partial charge in [-0.3, -0.25) is 0 Å². The zero-order chi connectivity index (χ0) is 31.4. The molecule has 0 spiro atoms. The van der Waals surface area contributed by atoms with E-state index in [0.29, 0.717) is 5.56 Å². The average molecular weight is 741 g/mol. The molecule has 6 rings (SSSR count). The number of alkyl halides is 3. The van der Waals surface area contributed by atoms with Crippen molar-refractivity contribution in [3.63, 3.8) is 0 Å². The van der Waals surface area contributed by atoms with Gasteiger partial charge in [0.15, 0.2) is 0 Å². The fourth-order valence-corrected chi connectivity index (χ4v) is 15.6. The van der Waals surface area contributed by atoms with Crippen LogP contribution in [0.2, 0.25) is 0 Å². The van der Waals surface area contributed by atoms with Gasteiger partial charge in [-0.2, -0.15) is 0 Å². The molecular weight excluding hydrogens is 700 g/mol. The van der Waals surface area contributed by atoms with Crippen LogP contribution in [-0.2, 0) is 44.7 Å². The van der Waals surface area contributed by atoms with Crippen molar-refractivity contribution in [3.8, 4) is 11.1 Å². The summed E-state index contributed by atoms with van der Waals surface area (Å²) < 4.78 is 46.3. The summed E-state index contributed by atoms with van der Waals surface area (Å²) in [7, 11) is 0. The van der Waals surface area contributed by atoms with Crippen molar-refractivity contribution in [3.05, 3.63) is 145 Å². The van der Waals surface area contributed by atoms with Gasteiger partial charge < -0.3 is 0 Å². The number of hydrogen-bond acceptors (Lipinski definition) is 0. The van der Waals surface area contributed by atoms with Crippen LogP contribution in [0.1, 0.15) is 86.9 Å². The Labute approximate surface area is 291 Å². The van der Waals surface area contributed by atoms with Crippen LogP contribution < -0.4 is 3.27 Å². The van der Waals surface area contributed by atoms with Crippen molar-refractivity contribution < 1.29 is 34.4 Å². The van der Waals surface area contributed by atoms with E-state index >= 15 is 0 Å². The molecule has 0 fully saturated rings. The van der Waals surface area contributed by atoms with E-state index < -0.39 is 33.0 Å². The maximum Gasteiger partial charge on any atom is -0.147 e. The minimum Gasteiger partial charge on any atom is -0.147 e. The Morgan fingerprint density at radius 1 is 0.674 bits per heavy atom. The first-order valence-electron chi connectivity index (χ1n) is 15.4. The molecule has 0 saturated heterocycles. The minimum absolute atomic E-state index is 0. The van der Waals surface area contributed by atoms with E-state index in [1.807, 2.05) is 24.3 Å². The van der Waals surface area contributed by atoms with Gasteiger partial charge in [-0.05, 0) is 0 Å². The Hall–Kier alpha value is -2.52. The Balaban J connectivity index is 0.00000240. The first-order chi connectivity index (χ1) is 20.7. The fraction of sp³-hybridized carbons (Fsp3) is 0.275. The molecule has 0 saturated carbocycles. The molecule has 0 aliphatic heterocycles. The fourth-order valence-electron chi connectivity index (χ4n) is 6.64. The van der Waals surface area contributed by atoms with Crippen LogP contribution in [0.3, 0.4) is 0 Å². The summed E-state index contributed by atoms with van der Waals surface area (Å²) in [4.78, 5) is 0. The first kappa shape index (κ1) is 36.3. The number of benzene rings is 4. The molecule has 2 aliphatic rings. The summed E-state index contributed by atoms with van der Waals surface area (Å²) in [5.74, 6) is 0. The largest absolute Gasteiger partial charge is 0.147 e. The summed E-state index contributed by atoms with van der Waals surface area (Å²) in [5, 5.41) is 0. The Morgan fingerprint density at radius 2 is 1.35 bits per heavy atom. The van der Waals surface area contributed by atoms with E-state index in [9.17, 15) is 13.2 Å². The van der Waals surface area contributed by atoms with Gasteiger partial charge in [0.2, 0.25) is 0 Å². The maximum absolute atomic E-state index is 14.1. The van der Waals surface area contributed by atoms with Crippen LogP contribution in [0.15, 0.2) is 106 Å². The van der Waals surface area contributed by atoms with Crippen molar-refractivity contribution in [1.29, 1.82) is 0 Å². The van der Waals surface area contributed by atoms with Crippen LogP contribution in [0.4, 0.5) is 13.2 Å². The van der Waals surface area contributed by atoms with Crippen LogP contribution in [0, 0.1) is 0 Å². The van der Waals surface area contributed by atoms with E-state index in [1.165, 1.54) is 52.1 Å². The zero-order valence-electron chi connectivity index (χ0n) is 27.2. The molecule has 0 unspecified atom stereocenters. The summed E-state index contributed by atoms with van der Waals surface area (Å²) in [6, 6.07) is 27.8. The summed E-state index contributed by atoms with van der Waals surface area (Å²) in [6.45, 7) is 13.6. The van der Waals surface area contributed by atoms with E-state index in [2.05, 4.69) is 102 Å². The summed E-state index contributed by atoms with van der Waals surface area (Å²) >= 11 is -3.16. The van der Waals surface area contributed by atoms with Crippen molar-refractivity contribution >= 4 is 31.3 Å². The second-order valence-corrected chi connectivity index (χ2v) is 20.0. The predicted octanol–water partition coefficient (Wildman–Crippen LogP) is 11.1. The predicted molar refractivity (Wildman–Crippen MR) is 189 cm³/mol. The second-order valence-electron chi connectivity index (χ2n) is 14.1. The van der Waals surface area contributed by atoms with Gasteiger partial charge in [0, 0.05) is 0 Å². The number of allylic oxidation sites excluding steroid dienone is 4. The molecule has 240 valence electrons. The molecule has 0 aromatic heterocycles. The van der Waals surface area contributed by atoms with Gasteiger partial charge in [0.25, 0.3) is 0 Å². The number of hydrogen-bond donors (Lipinski definition) is 0. The third kappa shape index (κ3) is 7.01. The molecule has 0 N–H and O–H groups in total. The van der Waals surface area contributed by atoms with Crippen LogP contribution >= 0.6 is 24.8 Å². The molecular formula is C40H41Cl2F3Zr. The molecule has 0 atom stereocenters. The summed E-state index contributed by atoms with van der Waals surface area (Å²) in [5.41, 5.74) is 8.97. The van der Waals surface area contributed by atoms with Gasteiger partial charge >= 0.3 is 269 Å². The molecule has 0 nitrogen and oxygen atoms in total. The van der Waals surface area contributed by atoms with Gasteiger partial charge in [-0.25, -0.2) is 0 Å². The molecule has 0 radical (unpaired) electrons. The average Bonchev–Trinajstić information content (AvgIpc) is 3.62. The first-order valence-corrected chi connectivity index (χ1v) is 19.1. The quantitative estimate of drug-likeness (QED) is 0.172. The molecule has 0 amide bonds. The smallest absolute Gasteiger partial charge is 0.147 e. The van der Waals surface area contributed by atoms with Crippen molar-refractivity contribution in [2.75, 3.05) is 0 Å². The van der Waals surface area contributed by atoms with Gasteiger partial charge in [-0.15, -0.1) is 24.8 Å². The summed E-state index contributed by atoms with van der Waals surface area (Å²) in [6.07, 6.45) is 3.88. The SMILES string of the molecule is CC(C)(C)c1ccc2c(c1)Cc1c-2ccc(C(C)(C)C)[c]1/[Zr]([C]1=CC=CC1)=[C](/c1ccccc1)c1cccc(C(F)(F)F)c1.Cl.Cl. The Bertz CT molecular complexity index is 1850. The van der Waals surface area contributed by atoms with Crippen molar-refractivity contribution in [2.24, 2.45) is 0 Å². The topological polar surface area (TPSA) is 0 Å². The van der Waals surface area contributed by atoms with Crippen molar-refractivity contribution in [1.82, 2.24) is 0 Å². The van der Waals surface area contributed by atoms with Gasteiger partial charge in [0.05, 0.1) is 0 Å².